The Balaban J connectivity index is 1.79. The van der Waals surface area contributed by atoms with E-state index >= 15 is 0 Å². The van der Waals surface area contributed by atoms with Crippen molar-refractivity contribution < 1.29 is 22.2 Å². The van der Waals surface area contributed by atoms with Crippen LogP contribution < -0.4 is 10.0 Å². The summed E-state index contributed by atoms with van der Waals surface area (Å²) in [5.41, 5.74) is 3.75. The number of hydrogen-bond acceptors (Lipinski definition) is 7. The van der Waals surface area contributed by atoms with Crippen molar-refractivity contribution in [1.29, 1.82) is 0 Å². The van der Waals surface area contributed by atoms with Gasteiger partial charge in [0.2, 0.25) is 17.7 Å². The molecule has 0 aliphatic rings. The lowest BCUT2D eigenvalue weighted by Crippen LogP contribution is -2.27. The highest BCUT2D eigenvalue weighted by molar-refractivity contribution is 7.92. The molecule has 182 valence electrons. The van der Waals surface area contributed by atoms with E-state index in [2.05, 4.69) is 20.2 Å². The molecule has 0 atom stereocenters. The van der Waals surface area contributed by atoms with Crippen molar-refractivity contribution in [3.8, 4) is 22.6 Å². The van der Waals surface area contributed by atoms with Crippen LogP contribution in [-0.2, 0) is 21.4 Å². The standard InChI is InChI=1S/C25H26N4O5S/c1-15(2)23(30)27-14-19-13-18(25-26-11-12-33-25)9-10-20(19)21-7-5-6-8-22(21)35(31,32)29-24-16(3)17(4)28-34-24/h5-13,15,29H,14H2,1-4H3,(H,27,30). The van der Waals surface area contributed by atoms with E-state index in [0.29, 0.717) is 39.4 Å². The molecule has 10 heteroatoms. The number of hydrogen-bond donors (Lipinski definition) is 2. The molecule has 2 aromatic heterocycles. The number of aryl methyl sites for hydroxylation is 1. The number of nitrogens with zero attached hydrogens (tertiary/aromatic N) is 2. The first-order valence-corrected chi connectivity index (χ1v) is 12.5. The largest absolute Gasteiger partial charge is 0.445 e. The van der Waals surface area contributed by atoms with Crippen LogP contribution in [0.25, 0.3) is 22.6 Å². The minimum atomic E-state index is -4.02. The molecule has 2 aromatic carbocycles. The Morgan fingerprint density at radius 2 is 1.86 bits per heavy atom. The van der Waals surface area contributed by atoms with Crippen LogP contribution in [0.2, 0.25) is 0 Å². The fourth-order valence-electron chi connectivity index (χ4n) is 3.50. The maximum atomic E-state index is 13.4. The minimum absolute atomic E-state index is 0.0637. The van der Waals surface area contributed by atoms with Crippen molar-refractivity contribution in [1.82, 2.24) is 15.5 Å². The third kappa shape index (κ3) is 5.12. The van der Waals surface area contributed by atoms with Crippen molar-refractivity contribution in [2.75, 3.05) is 4.72 Å². The van der Waals surface area contributed by atoms with E-state index in [9.17, 15) is 13.2 Å². The normalized spacial score (nSPS) is 11.6. The maximum absolute atomic E-state index is 13.4. The molecular weight excluding hydrogens is 468 g/mol. The predicted octanol–water partition coefficient (Wildman–Crippen LogP) is 4.69. The second kappa shape index (κ2) is 9.75. The van der Waals surface area contributed by atoms with Crippen molar-refractivity contribution in [3.05, 3.63) is 71.7 Å². The van der Waals surface area contributed by atoms with Gasteiger partial charge in [-0.05, 0) is 43.2 Å². The highest BCUT2D eigenvalue weighted by atomic mass is 32.2. The van der Waals surface area contributed by atoms with Crippen molar-refractivity contribution in [2.45, 2.75) is 39.1 Å². The molecule has 4 rings (SSSR count). The van der Waals surface area contributed by atoms with Gasteiger partial charge in [0.15, 0.2) is 0 Å². The van der Waals surface area contributed by atoms with E-state index in [1.165, 1.54) is 12.3 Å². The Kier molecular flexibility index (Phi) is 6.74. The lowest BCUT2D eigenvalue weighted by atomic mass is 9.97. The third-order valence-corrected chi connectivity index (χ3v) is 7.00. The van der Waals surface area contributed by atoms with Crippen molar-refractivity contribution >= 4 is 21.8 Å². The first-order valence-electron chi connectivity index (χ1n) is 11.0. The molecule has 0 aliphatic carbocycles. The molecule has 0 fully saturated rings. The lowest BCUT2D eigenvalue weighted by molar-refractivity contribution is -0.124. The highest BCUT2D eigenvalue weighted by Gasteiger charge is 2.24. The lowest BCUT2D eigenvalue weighted by Gasteiger charge is -2.16. The average molecular weight is 495 g/mol. The molecule has 35 heavy (non-hydrogen) atoms. The topological polar surface area (TPSA) is 127 Å². The number of sulfonamides is 1. The Morgan fingerprint density at radius 3 is 2.51 bits per heavy atom. The molecule has 2 N–H and O–H groups in total. The van der Waals surface area contributed by atoms with E-state index in [0.717, 1.165) is 0 Å². The summed E-state index contributed by atoms with van der Waals surface area (Å²) in [6.45, 7) is 7.27. The molecule has 0 saturated carbocycles. The van der Waals surface area contributed by atoms with Gasteiger partial charge in [-0.3, -0.25) is 4.79 Å². The highest BCUT2D eigenvalue weighted by Crippen LogP contribution is 2.34. The first kappa shape index (κ1) is 24.2. The number of oxazole rings is 1. The molecular formula is C25H26N4O5S. The van der Waals surface area contributed by atoms with Gasteiger partial charge in [0.1, 0.15) is 6.26 Å². The fourth-order valence-corrected chi connectivity index (χ4v) is 4.77. The van der Waals surface area contributed by atoms with E-state index in [4.69, 9.17) is 8.94 Å². The summed E-state index contributed by atoms with van der Waals surface area (Å²) >= 11 is 0. The zero-order valence-electron chi connectivity index (χ0n) is 19.8. The summed E-state index contributed by atoms with van der Waals surface area (Å²) < 4.78 is 39.9. The van der Waals surface area contributed by atoms with Crippen LogP contribution in [0.1, 0.15) is 30.7 Å². The van der Waals surface area contributed by atoms with Crippen LogP contribution in [0.4, 0.5) is 5.88 Å². The summed E-state index contributed by atoms with van der Waals surface area (Å²) in [7, 11) is -4.02. The van der Waals surface area contributed by atoms with Gasteiger partial charge in [0.05, 0.1) is 16.8 Å². The maximum Gasteiger partial charge on any atom is 0.264 e. The number of carbonyl (C=O) groups excluding carboxylic acids is 1. The van der Waals surface area contributed by atoms with E-state index in [1.807, 2.05) is 6.07 Å². The molecule has 9 nitrogen and oxygen atoms in total. The first-order chi connectivity index (χ1) is 16.7. The number of aromatic nitrogens is 2. The van der Waals surface area contributed by atoms with Crippen LogP contribution in [0, 0.1) is 19.8 Å². The minimum Gasteiger partial charge on any atom is -0.445 e. The van der Waals surface area contributed by atoms with E-state index in [1.54, 1.807) is 64.2 Å². The van der Waals surface area contributed by atoms with Crippen LogP contribution >= 0.6 is 0 Å². The van der Waals surface area contributed by atoms with E-state index in [-0.39, 0.29) is 29.1 Å². The van der Waals surface area contributed by atoms with Gasteiger partial charge in [-0.15, -0.1) is 0 Å². The van der Waals surface area contributed by atoms with Gasteiger partial charge in [-0.2, -0.15) is 0 Å². The van der Waals surface area contributed by atoms with E-state index < -0.39 is 10.0 Å². The summed E-state index contributed by atoms with van der Waals surface area (Å²) in [4.78, 5) is 16.5. The second-order valence-electron chi connectivity index (χ2n) is 8.41. The number of amides is 1. The monoisotopic (exact) mass is 494 g/mol. The molecule has 0 radical (unpaired) electrons. The predicted molar refractivity (Wildman–Crippen MR) is 131 cm³/mol. The molecule has 2 heterocycles. The third-order valence-electron chi connectivity index (χ3n) is 5.61. The Morgan fingerprint density at radius 1 is 1.09 bits per heavy atom. The number of rotatable bonds is 8. The Bertz CT molecular complexity index is 1460. The summed E-state index contributed by atoms with van der Waals surface area (Å²) in [6, 6.07) is 12.1. The van der Waals surface area contributed by atoms with Crippen LogP contribution in [0.5, 0.6) is 0 Å². The van der Waals surface area contributed by atoms with Gasteiger partial charge >= 0.3 is 0 Å². The molecule has 0 spiro atoms. The van der Waals surface area contributed by atoms with Gasteiger partial charge in [-0.25, -0.2) is 18.1 Å². The zero-order valence-corrected chi connectivity index (χ0v) is 20.6. The number of nitrogens with one attached hydrogen (secondary N) is 2. The summed E-state index contributed by atoms with van der Waals surface area (Å²) in [5, 5.41) is 6.73. The molecule has 0 aliphatic heterocycles. The zero-order chi connectivity index (χ0) is 25.2. The molecule has 0 bridgehead atoms. The smallest absolute Gasteiger partial charge is 0.264 e. The summed E-state index contributed by atoms with van der Waals surface area (Å²) in [6.07, 6.45) is 3.02. The Hall–Kier alpha value is -3.92. The van der Waals surface area contributed by atoms with Crippen LogP contribution in [-0.4, -0.2) is 24.5 Å². The van der Waals surface area contributed by atoms with Gasteiger partial charge in [0, 0.05) is 29.2 Å². The van der Waals surface area contributed by atoms with Gasteiger partial charge < -0.3 is 14.3 Å². The van der Waals surface area contributed by atoms with Crippen molar-refractivity contribution in [3.63, 3.8) is 0 Å². The number of carbonyl (C=O) groups is 1. The van der Waals surface area contributed by atoms with Gasteiger partial charge in [-0.1, -0.05) is 43.3 Å². The number of anilines is 1. The van der Waals surface area contributed by atoms with Gasteiger partial charge in [0.25, 0.3) is 10.0 Å². The quantitative estimate of drug-likeness (QED) is 0.364. The molecule has 4 aromatic rings. The molecule has 0 unspecified atom stereocenters. The van der Waals surface area contributed by atoms with Crippen molar-refractivity contribution in [2.24, 2.45) is 5.92 Å². The average Bonchev–Trinajstić information content (AvgIpc) is 3.48. The number of benzene rings is 2. The summed E-state index contributed by atoms with van der Waals surface area (Å²) in [5.74, 6) is 0.183. The van der Waals surface area contributed by atoms with Crippen LogP contribution in [0.15, 0.2) is 68.8 Å². The molecule has 0 saturated heterocycles. The fraction of sp³-hybridized carbons (Fsp3) is 0.240. The second-order valence-corrected chi connectivity index (χ2v) is 10.1. The Labute approximate surface area is 203 Å². The SMILES string of the molecule is Cc1noc(NS(=O)(=O)c2ccccc2-c2ccc(-c3ncco3)cc2CNC(=O)C(C)C)c1C. The molecule has 1 amide bonds. The van der Waals surface area contributed by atoms with Crippen LogP contribution in [0.3, 0.4) is 0 Å².